The lowest BCUT2D eigenvalue weighted by atomic mass is 9.25. The molecule has 0 fully saturated rings. The van der Waals surface area contributed by atoms with Gasteiger partial charge in [-0.25, -0.2) is 0 Å². The summed E-state index contributed by atoms with van der Waals surface area (Å²) in [4.78, 5) is 6.82. The second kappa shape index (κ2) is 28.9. The van der Waals surface area contributed by atoms with Crippen LogP contribution in [0.1, 0.15) is 44.5 Å². The first-order chi connectivity index (χ1) is 45.2. The molecule has 4 aromatic heterocycles. The third-order valence-corrected chi connectivity index (χ3v) is 20.5. The number of aromatic nitrogens is 2. The van der Waals surface area contributed by atoms with Gasteiger partial charge < -0.3 is 18.8 Å². The Bertz CT molecular complexity index is 4070. The molecule has 0 atom stereocenters. The zero-order chi connectivity index (χ0) is 63.6. The van der Waals surface area contributed by atoms with Crippen molar-refractivity contribution in [1.82, 2.24) is 0 Å². The van der Waals surface area contributed by atoms with Gasteiger partial charge in [-0.05, 0) is 56.7 Å². The lowest BCUT2D eigenvalue weighted by Gasteiger charge is -2.37. The van der Waals surface area contributed by atoms with E-state index in [4.69, 9.17) is 46.4 Å². The maximum Gasteiger partial charge on any atom is 0.371 e. The highest BCUT2D eigenvalue weighted by atomic mass is 35.5. The summed E-state index contributed by atoms with van der Waals surface area (Å²) in [6, 6.07) is 108. The zero-order valence-electron chi connectivity index (χ0n) is 51.7. The minimum absolute atomic E-state index is 0.194. The number of thiophene rings is 2. The molecule has 12 aromatic rings. The van der Waals surface area contributed by atoms with Gasteiger partial charge in [0, 0.05) is 73.6 Å². The highest BCUT2D eigenvalue weighted by Crippen LogP contribution is 2.57. The Labute approximate surface area is 570 Å². The summed E-state index contributed by atoms with van der Waals surface area (Å²) in [7, 11) is 8.50. The summed E-state index contributed by atoms with van der Waals surface area (Å²) >= 11 is 22.9. The van der Waals surface area contributed by atoms with E-state index in [-0.39, 0.29) is 10.7 Å². The van der Waals surface area contributed by atoms with Crippen molar-refractivity contribution in [3.63, 3.8) is 0 Å². The predicted molar refractivity (Wildman–Crippen MR) is 403 cm³/mol. The van der Waals surface area contributed by atoms with Crippen LogP contribution < -0.4 is 28.3 Å². The Morgan fingerprint density at radius 2 is 0.467 bits per heavy atom. The van der Waals surface area contributed by atoms with Gasteiger partial charge in [-0.15, -0.1) is 68.3 Å². The number of pyridine rings is 2. The summed E-state index contributed by atoms with van der Waals surface area (Å²) in [5.41, 5.74) is 21.9. The van der Waals surface area contributed by atoms with Gasteiger partial charge in [-0.1, -0.05) is 287 Å². The number of nitrogens with zero attached hydrogens (tertiary/aromatic N) is 4. The number of rotatable bonds is 15. The van der Waals surface area contributed by atoms with Crippen LogP contribution in [-0.4, -0.2) is 51.4 Å². The second-order valence-corrected chi connectivity index (χ2v) is 27.0. The fourth-order valence-electron chi connectivity index (χ4n) is 14.1. The molecule has 0 aliphatic carbocycles. The van der Waals surface area contributed by atoms with Crippen LogP contribution in [0.15, 0.2) is 316 Å². The van der Waals surface area contributed by atoms with Crippen molar-refractivity contribution in [3.05, 3.63) is 360 Å². The lowest BCUT2D eigenvalue weighted by molar-refractivity contribution is -0.538. The number of halogens is 4. The fraction of sp³-hybridized carbons (Fsp3) is 0.0750. The Balaban J connectivity index is 0.00000131. The normalized spacial score (nSPS) is 14.0. The van der Waals surface area contributed by atoms with Crippen molar-refractivity contribution in [2.24, 2.45) is 0 Å². The summed E-state index contributed by atoms with van der Waals surface area (Å²) in [5, 5.41) is 0.389. The van der Waals surface area contributed by atoms with Crippen molar-refractivity contribution in [2.45, 2.75) is 0 Å². The van der Waals surface area contributed by atoms with Gasteiger partial charge in [0.1, 0.15) is 24.8 Å². The molecule has 14 rings (SSSR count). The van der Waals surface area contributed by atoms with E-state index in [2.05, 4.69) is 363 Å². The van der Waals surface area contributed by atoms with E-state index in [0.717, 1.165) is 11.4 Å². The average molecular weight is 1310 g/mol. The fourth-order valence-corrected chi connectivity index (χ4v) is 16.8. The number of alkyl halides is 4. The molecule has 12 heteroatoms. The highest BCUT2D eigenvalue weighted by Gasteiger charge is 2.56. The molecule has 92 heavy (non-hydrogen) atoms. The van der Waals surface area contributed by atoms with Gasteiger partial charge in [-0.2, -0.15) is 22.7 Å². The third-order valence-electron chi connectivity index (χ3n) is 17.8. The zero-order valence-corrected chi connectivity index (χ0v) is 56.4. The molecule has 8 aromatic carbocycles. The minimum Gasteiger partial charge on any atom is -0.414 e. The average Bonchev–Trinajstić information content (AvgIpc) is 1.53. The van der Waals surface area contributed by atoms with Crippen molar-refractivity contribution in [2.75, 3.05) is 48.7 Å². The minimum atomic E-state index is -2.03. The van der Waals surface area contributed by atoms with Gasteiger partial charge in [0.25, 0.3) is 0 Å². The number of hydrogen-bond acceptors (Lipinski definition) is 4. The summed E-state index contributed by atoms with van der Waals surface area (Å²) in [6.07, 6.45) is 5.32. The molecule has 2 aliphatic rings. The van der Waals surface area contributed by atoms with Crippen LogP contribution in [0, 0.1) is 0 Å². The summed E-state index contributed by atoms with van der Waals surface area (Å²) in [5.74, 6) is 0. The van der Waals surface area contributed by atoms with Crippen LogP contribution in [0.4, 0.5) is 11.4 Å². The first kappa shape index (κ1) is 63.5. The van der Waals surface area contributed by atoms with Gasteiger partial charge >= 0.3 is 12.6 Å². The highest BCUT2D eigenvalue weighted by molar-refractivity contribution is 7.39. The van der Waals surface area contributed by atoms with Gasteiger partial charge in [0.15, 0.2) is 0 Å². The van der Waals surface area contributed by atoms with E-state index in [1.54, 1.807) is 0 Å². The van der Waals surface area contributed by atoms with Gasteiger partial charge in [0.05, 0.1) is 10.7 Å². The van der Waals surface area contributed by atoms with Gasteiger partial charge in [-0.3, -0.25) is 0 Å². The van der Waals surface area contributed by atoms with Crippen molar-refractivity contribution >= 4 is 147 Å². The number of hydrogen-bond donors (Lipinski definition) is 0. The largest absolute Gasteiger partial charge is 0.414 e. The van der Waals surface area contributed by atoms with Crippen molar-refractivity contribution in [3.8, 4) is 9.75 Å². The molecule has 6 heterocycles. The van der Waals surface area contributed by atoms with Crippen molar-refractivity contribution < 1.29 is 8.96 Å². The number of benzene rings is 8. The molecule has 0 amide bonds. The van der Waals surface area contributed by atoms with Crippen LogP contribution in [0.3, 0.4) is 0 Å². The number of anilines is 2. The Kier molecular flexibility index (Phi) is 19.9. The van der Waals surface area contributed by atoms with Crippen LogP contribution in [-0.2, 0) is 0 Å². The maximum atomic E-state index is 4.76. The monoisotopic (exact) mass is 1310 g/mol. The van der Waals surface area contributed by atoms with E-state index in [1.807, 2.05) is 22.7 Å². The van der Waals surface area contributed by atoms with E-state index in [9.17, 15) is 0 Å². The Morgan fingerprint density at radius 3 is 0.663 bits per heavy atom. The van der Waals surface area contributed by atoms with Crippen LogP contribution >= 0.6 is 69.1 Å². The molecule has 4 nitrogen and oxygen atoms in total. The molecular weight excluding hydrogens is 1240 g/mol. The van der Waals surface area contributed by atoms with E-state index in [1.165, 1.54) is 108 Å². The molecular formula is C80H68B2Cl4N4S2. The molecule has 454 valence electrons. The van der Waals surface area contributed by atoms with E-state index < -0.39 is 12.6 Å². The molecule has 0 bridgehead atoms. The molecule has 0 saturated heterocycles. The second-order valence-electron chi connectivity index (χ2n) is 23.1. The number of allylic oxidation sites excluding steroid dienone is 4. The summed E-state index contributed by atoms with van der Waals surface area (Å²) < 4.78 is 7.69. The molecule has 0 N–H and O–H groups in total. The third kappa shape index (κ3) is 12.0. The van der Waals surface area contributed by atoms with Crippen LogP contribution in [0.5, 0.6) is 0 Å². The first-order valence-electron chi connectivity index (χ1n) is 30.7. The van der Waals surface area contributed by atoms with Crippen LogP contribution in [0.25, 0.3) is 53.9 Å². The lowest BCUT2D eigenvalue weighted by Crippen LogP contribution is -2.72. The Hall–Kier alpha value is -8.69. The predicted octanol–water partition coefficient (Wildman–Crippen LogP) is 19.1. The quantitative estimate of drug-likeness (QED) is 0.0750. The SMILES string of the molecule is CN(C)c1cc[n+]([B-]2(c3ccc(-c4ccc([B-]5([n+]6ccc(N(C)C)cc6)C(c6ccccc6)=C(c6ccccc6)C(c6ccccc6)=C5c5ccccc5)s4)s3)C(c3ccccc3)=C(c3ccccc3)C(c3ccccc3)=C2c2ccccc2)cc1.ClCCl.ClCCl. The molecule has 0 radical (unpaired) electrons. The molecule has 0 unspecified atom stereocenters. The Morgan fingerprint density at radius 1 is 0.272 bits per heavy atom. The maximum absolute atomic E-state index is 4.76. The smallest absolute Gasteiger partial charge is 0.371 e. The summed E-state index contributed by atoms with van der Waals surface area (Å²) in [6.45, 7) is 0. The molecule has 0 saturated carbocycles. The van der Waals surface area contributed by atoms with E-state index >= 15 is 0 Å². The van der Waals surface area contributed by atoms with Crippen molar-refractivity contribution in [1.29, 1.82) is 0 Å². The first-order valence-corrected chi connectivity index (χ1v) is 34.5. The van der Waals surface area contributed by atoms with E-state index in [0.29, 0.717) is 0 Å². The topological polar surface area (TPSA) is 14.2 Å². The molecule has 2 aliphatic heterocycles. The van der Waals surface area contributed by atoms with Gasteiger partial charge in [0.2, 0.25) is 0 Å². The molecule has 0 spiro atoms. The van der Waals surface area contributed by atoms with Crippen LogP contribution in [0.2, 0.25) is 0 Å². The standard InChI is InChI=1S/C78H64B2N4S2.2CH2Cl2/c1-81(2)65-49-53-83(54-50-65)79(75(61-37-21-9-22-38-61)71(57-29-13-5-14-30-57)72(58-31-15-6-16-32-58)76(79)62-39-23-10-24-40-62)69-47-45-67(85-69)68-46-48-70(86-68)80(84-55-51-66(52-56-84)82(3)4)77(63-41-25-11-26-42-63)73(59-33-17-7-18-34-59)74(60-35-19-8-20-36-60)78(80)64-43-27-12-28-44-64;2*2-1-3/h5-56H,1-4H3;2*1H2.